The van der Waals surface area contributed by atoms with Crippen LogP contribution >= 0.6 is 0 Å². The van der Waals surface area contributed by atoms with E-state index in [2.05, 4.69) is 12.2 Å². The van der Waals surface area contributed by atoms with Crippen molar-refractivity contribution in [3.63, 3.8) is 0 Å². The molecule has 0 radical (unpaired) electrons. The molecule has 1 aliphatic heterocycles. The van der Waals surface area contributed by atoms with Crippen LogP contribution < -0.4 is 5.32 Å². The molecule has 4 aromatic rings. The second kappa shape index (κ2) is 14.6. The van der Waals surface area contributed by atoms with Gasteiger partial charge in [-0.05, 0) is 53.6 Å². The number of nitrogens with one attached hydrogen (secondary N) is 1. The fourth-order valence-electron chi connectivity index (χ4n) is 5.51. The van der Waals surface area contributed by atoms with Crippen LogP contribution in [0.3, 0.4) is 0 Å². The van der Waals surface area contributed by atoms with Crippen LogP contribution in [0.5, 0.6) is 5.75 Å². The van der Waals surface area contributed by atoms with Crippen LogP contribution in [0.4, 0.5) is 0 Å². The predicted molar refractivity (Wildman–Crippen MR) is 168 cm³/mol. The molecule has 4 N–H and O–H groups in total. The average Bonchev–Trinajstić information content (AvgIpc) is 3.05. The first kappa shape index (κ1) is 31.4. The SMILES string of the molecule is C[C@@H]1[C@H](CN(C)C[C@@H](O)c2cccc(O)c2)O[C@H](c2ccc(CNC(=O)c3ccccc3)cc2)O[C@@H]1c1ccc(CO)cc1. The highest BCUT2D eigenvalue weighted by atomic mass is 16.7. The highest BCUT2D eigenvalue weighted by Gasteiger charge is 2.39. The number of rotatable bonds is 11. The molecule has 0 saturated carbocycles. The lowest BCUT2D eigenvalue weighted by Crippen LogP contribution is -2.44. The molecule has 0 unspecified atom stereocenters. The number of aromatic hydroxyl groups is 1. The standard InChI is InChI=1S/C36H40N2O6/c1-24-33(22-38(2)21-32(41)30-9-6-10-31(40)19-30)43-36(44-34(24)27-15-13-26(23-39)14-16-27)29-17-11-25(12-18-29)20-37-35(42)28-7-4-3-5-8-28/h3-19,24,32-34,36,39-41H,20-23H2,1-2H3,(H,37,42)/t24-,32-,33+,34+,36+/m1/s1. The molecule has 0 spiro atoms. The fourth-order valence-corrected chi connectivity index (χ4v) is 5.51. The number of phenolic OH excluding ortho intramolecular Hbond substituents is 1. The van der Waals surface area contributed by atoms with Crippen LogP contribution in [0.2, 0.25) is 0 Å². The van der Waals surface area contributed by atoms with E-state index in [0.29, 0.717) is 30.8 Å². The molecule has 0 aromatic heterocycles. The van der Waals surface area contributed by atoms with E-state index in [1.807, 2.05) is 78.7 Å². The number of hydrogen-bond acceptors (Lipinski definition) is 7. The Bertz CT molecular complexity index is 1500. The molecule has 5 atom stereocenters. The summed E-state index contributed by atoms with van der Waals surface area (Å²) >= 11 is 0. The number of ether oxygens (including phenoxy) is 2. The normalized spacial score (nSPS) is 20.8. The van der Waals surface area contributed by atoms with Gasteiger partial charge in [-0.3, -0.25) is 4.79 Å². The van der Waals surface area contributed by atoms with Gasteiger partial charge in [-0.25, -0.2) is 0 Å². The van der Waals surface area contributed by atoms with Crippen molar-refractivity contribution >= 4 is 5.91 Å². The monoisotopic (exact) mass is 596 g/mol. The van der Waals surface area contributed by atoms with Crippen molar-refractivity contribution in [2.24, 2.45) is 5.92 Å². The smallest absolute Gasteiger partial charge is 0.251 e. The fraction of sp³-hybridized carbons (Fsp3) is 0.306. The minimum absolute atomic E-state index is 0.0148. The molecule has 1 fully saturated rings. The van der Waals surface area contributed by atoms with Gasteiger partial charge < -0.3 is 35.0 Å². The Kier molecular flexibility index (Phi) is 10.4. The molecule has 1 amide bonds. The molecular weight excluding hydrogens is 556 g/mol. The summed E-state index contributed by atoms with van der Waals surface area (Å²) in [4.78, 5) is 14.5. The van der Waals surface area contributed by atoms with E-state index in [0.717, 1.165) is 22.3 Å². The zero-order valence-electron chi connectivity index (χ0n) is 25.0. The molecule has 8 nitrogen and oxygen atoms in total. The summed E-state index contributed by atoms with van der Waals surface area (Å²) in [7, 11) is 1.94. The van der Waals surface area contributed by atoms with Gasteiger partial charge in [-0.2, -0.15) is 0 Å². The van der Waals surface area contributed by atoms with E-state index in [1.165, 1.54) is 0 Å². The summed E-state index contributed by atoms with van der Waals surface area (Å²) in [5.74, 6) is -0.0223. The molecular formula is C36H40N2O6. The quantitative estimate of drug-likeness (QED) is 0.187. The summed E-state index contributed by atoms with van der Waals surface area (Å²) in [6.07, 6.45) is -1.88. The van der Waals surface area contributed by atoms with E-state index in [-0.39, 0.29) is 36.4 Å². The lowest BCUT2D eigenvalue weighted by atomic mass is 9.90. The molecule has 5 rings (SSSR count). The van der Waals surface area contributed by atoms with Crippen LogP contribution in [-0.2, 0) is 22.6 Å². The highest BCUT2D eigenvalue weighted by Crippen LogP contribution is 2.42. The van der Waals surface area contributed by atoms with E-state index < -0.39 is 12.4 Å². The van der Waals surface area contributed by atoms with Crippen molar-refractivity contribution < 1.29 is 29.6 Å². The summed E-state index contributed by atoms with van der Waals surface area (Å²) in [5, 5.41) is 33.1. The molecule has 4 aromatic carbocycles. The number of aliphatic hydroxyl groups excluding tert-OH is 2. The van der Waals surface area contributed by atoms with Crippen molar-refractivity contribution in [3.8, 4) is 5.75 Å². The largest absolute Gasteiger partial charge is 0.508 e. The average molecular weight is 597 g/mol. The van der Waals surface area contributed by atoms with Gasteiger partial charge in [0.05, 0.1) is 24.9 Å². The van der Waals surface area contributed by atoms with Crippen LogP contribution in [0.25, 0.3) is 0 Å². The van der Waals surface area contributed by atoms with E-state index in [1.54, 1.807) is 36.4 Å². The van der Waals surface area contributed by atoms with Gasteiger partial charge >= 0.3 is 0 Å². The Morgan fingerprint density at radius 1 is 0.886 bits per heavy atom. The zero-order valence-corrected chi connectivity index (χ0v) is 25.0. The van der Waals surface area contributed by atoms with Crippen molar-refractivity contribution in [2.75, 3.05) is 20.1 Å². The number of nitrogens with zero attached hydrogens (tertiary/aromatic N) is 1. The molecule has 1 heterocycles. The molecule has 0 aliphatic carbocycles. The lowest BCUT2D eigenvalue weighted by Gasteiger charge is -2.42. The van der Waals surface area contributed by atoms with Gasteiger partial charge in [0.2, 0.25) is 0 Å². The first-order valence-corrected chi connectivity index (χ1v) is 14.9. The minimum atomic E-state index is -0.769. The first-order valence-electron chi connectivity index (χ1n) is 14.9. The predicted octanol–water partition coefficient (Wildman–Crippen LogP) is 5.27. The number of carbonyl (C=O) groups excluding carboxylic acids is 1. The number of hydrogen-bond donors (Lipinski definition) is 4. The maximum absolute atomic E-state index is 12.5. The zero-order chi connectivity index (χ0) is 31.1. The number of benzene rings is 4. The summed E-state index contributed by atoms with van der Waals surface area (Å²) < 4.78 is 13.1. The van der Waals surface area contributed by atoms with Crippen molar-refractivity contribution in [3.05, 3.63) is 137 Å². The Labute approximate surface area is 258 Å². The number of likely N-dealkylation sites (N-methyl/N-ethyl adjacent to an activating group) is 1. The highest BCUT2D eigenvalue weighted by molar-refractivity contribution is 5.94. The number of carbonyl (C=O) groups is 1. The molecule has 1 aliphatic rings. The summed E-state index contributed by atoms with van der Waals surface area (Å²) in [6.45, 7) is 3.38. The lowest BCUT2D eigenvalue weighted by molar-refractivity contribution is -0.276. The van der Waals surface area contributed by atoms with E-state index >= 15 is 0 Å². The Morgan fingerprint density at radius 2 is 1.57 bits per heavy atom. The second-order valence-corrected chi connectivity index (χ2v) is 11.4. The summed E-state index contributed by atoms with van der Waals surface area (Å²) in [5.41, 5.74) is 4.91. The van der Waals surface area contributed by atoms with Gasteiger partial charge in [0.1, 0.15) is 5.75 Å². The van der Waals surface area contributed by atoms with Crippen molar-refractivity contribution in [1.82, 2.24) is 10.2 Å². The number of phenols is 1. The third-order valence-corrected chi connectivity index (χ3v) is 8.10. The molecule has 8 heteroatoms. The minimum Gasteiger partial charge on any atom is -0.508 e. The van der Waals surface area contributed by atoms with Gasteiger partial charge in [-0.15, -0.1) is 0 Å². The second-order valence-electron chi connectivity index (χ2n) is 11.4. The number of amides is 1. The molecule has 230 valence electrons. The van der Waals surface area contributed by atoms with Crippen LogP contribution in [0.1, 0.15) is 63.6 Å². The molecule has 44 heavy (non-hydrogen) atoms. The van der Waals surface area contributed by atoms with Gasteiger partial charge in [0.15, 0.2) is 6.29 Å². The van der Waals surface area contributed by atoms with Crippen LogP contribution in [-0.4, -0.2) is 52.4 Å². The molecule has 0 bridgehead atoms. The van der Waals surface area contributed by atoms with Gasteiger partial charge in [0.25, 0.3) is 5.91 Å². The maximum atomic E-state index is 12.5. The third-order valence-electron chi connectivity index (χ3n) is 8.10. The Hall–Kier alpha value is -4.05. The van der Waals surface area contributed by atoms with Crippen LogP contribution in [0, 0.1) is 5.92 Å². The van der Waals surface area contributed by atoms with E-state index in [4.69, 9.17) is 9.47 Å². The van der Waals surface area contributed by atoms with Gasteiger partial charge in [-0.1, -0.05) is 85.8 Å². The molecule has 1 saturated heterocycles. The van der Waals surface area contributed by atoms with Crippen molar-refractivity contribution in [2.45, 2.75) is 44.7 Å². The Balaban J connectivity index is 1.29. The number of aliphatic hydroxyl groups is 2. The first-order chi connectivity index (χ1) is 21.3. The van der Waals surface area contributed by atoms with E-state index in [9.17, 15) is 20.1 Å². The maximum Gasteiger partial charge on any atom is 0.251 e. The van der Waals surface area contributed by atoms with Crippen molar-refractivity contribution in [1.29, 1.82) is 0 Å². The van der Waals surface area contributed by atoms with Crippen LogP contribution in [0.15, 0.2) is 103 Å². The summed E-state index contributed by atoms with van der Waals surface area (Å²) in [6, 6.07) is 31.4. The third kappa shape index (κ3) is 7.91. The van der Waals surface area contributed by atoms with Gasteiger partial charge in [0, 0.05) is 36.7 Å². The Morgan fingerprint density at radius 3 is 2.25 bits per heavy atom. The topological polar surface area (TPSA) is 111 Å².